The highest BCUT2D eigenvalue weighted by Gasteiger charge is 2.12. The second-order valence-electron chi connectivity index (χ2n) is 3.32. The number of anilines is 1. The lowest BCUT2D eigenvalue weighted by molar-refractivity contribution is 0.103. The van der Waals surface area contributed by atoms with Crippen molar-refractivity contribution in [3.63, 3.8) is 0 Å². The number of hydrogen-bond acceptors (Lipinski definition) is 2. The Morgan fingerprint density at radius 1 is 1.17 bits per heavy atom. The zero-order valence-electron chi connectivity index (χ0n) is 8.64. The summed E-state index contributed by atoms with van der Waals surface area (Å²) in [6.45, 7) is 0. The molecule has 18 heavy (non-hydrogen) atoms. The zero-order chi connectivity index (χ0) is 13.3. The fourth-order valence-electron chi connectivity index (χ4n) is 1.23. The van der Waals surface area contributed by atoms with Gasteiger partial charge in [0.15, 0.2) is 0 Å². The van der Waals surface area contributed by atoms with Gasteiger partial charge in [0.05, 0.1) is 18.7 Å². The molecule has 2 rings (SSSR count). The summed E-state index contributed by atoms with van der Waals surface area (Å²) in [6, 6.07) is 6.70. The van der Waals surface area contributed by atoms with E-state index in [9.17, 15) is 4.79 Å². The second-order valence-corrected chi connectivity index (χ2v) is 7.35. The summed E-state index contributed by atoms with van der Waals surface area (Å²) in [6.07, 6.45) is 0. The van der Waals surface area contributed by atoms with Gasteiger partial charge in [-0.15, -0.1) is 11.3 Å². The quantitative estimate of drug-likeness (QED) is 0.639. The molecule has 94 valence electrons. The third-order valence-corrected chi connectivity index (χ3v) is 6.04. The lowest BCUT2D eigenvalue weighted by Gasteiger charge is -2.04. The Morgan fingerprint density at radius 2 is 1.89 bits per heavy atom. The van der Waals surface area contributed by atoms with Crippen molar-refractivity contribution < 1.29 is 4.79 Å². The van der Waals surface area contributed by atoms with Gasteiger partial charge in [-0.3, -0.25) is 4.79 Å². The van der Waals surface area contributed by atoms with Crippen LogP contribution < -0.4 is 5.32 Å². The van der Waals surface area contributed by atoms with Crippen molar-refractivity contribution in [3.05, 3.63) is 47.4 Å². The molecule has 2 aromatic rings. The van der Waals surface area contributed by atoms with Crippen LogP contribution in [0.1, 0.15) is 9.67 Å². The van der Waals surface area contributed by atoms with Crippen LogP contribution in [-0.2, 0) is 0 Å². The van der Waals surface area contributed by atoms with E-state index in [2.05, 4.69) is 37.2 Å². The van der Waals surface area contributed by atoms with Gasteiger partial charge in [-0.05, 0) is 56.1 Å². The molecule has 0 bridgehead atoms. The zero-order valence-corrected chi connectivity index (χ0v) is 14.1. The maximum absolute atomic E-state index is 12.0. The topological polar surface area (TPSA) is 29.1 Å². The van der Waals surface area contributed by atoms with E-state index in [0.717, 1.165) is 8.26 Å². The molecule has 0 saturated heterocycles. The number of nitrogens with one attached hydrogen (secondary N) is 1. The first-order chi connectivity index (χ1) is 8.47. The van der Waals surface area contributed by atoms with Crippen LogP contribution in [0, 0.1) is 0 Å². The Morgan fingerprint density at radius 3 is 2.44 bits per heavy atom. The van der Waals surface area contributed by atoms with Crippen LogP contribution in [0.2, 0.25) is 10.0 Å². The van der Waals surface area contributed by atoms with Crippen LogP contribution in [0.3, 0.4) is 0 Å². The average molecular weight is 430 g/mol. The van der Waals surface area contributed by atoms with Gasteiger partial charge >= 0.3 is 0 Å². The van der Waals surface area contributed by atoms with E-state index in [1.807, 2.05) is 0 Å². The monoisotopic (exact) mass is 427 g/mol. The summed E-state index contributed by atoms with van der Waals surface area (Å²) in [7, 11) is 0. The Hall–Kier alpha value is -0.0700. The summed E-state index contributed by atoms with van der Waals surface area (Å²) in [5, 5.41) is 3.61. The number of benzene rings is 1. The molecule has 0 aliphatic carbocycles. The van der Waals surface area contributed by atoms with Gasteiger partial charge in [-0.2, -0.15) is 0 Å². The van der Waals surface area contributed by atoms with E-state index < -0.39 is 0 Å². The summed E-state index contributed by atoms with van der Waals surface area (Å²) < 4.78 is 1.73. The Balaban J connectivity index is 2.18. The predicted octanol–water partition coefficient (Wildman–Crippen LogP) is 5.83. The maximum atomic E-state index is 12.0. The largest absolute Gasteiger partial charge is 0.321 e. The molecule has 1 aromatic heterocycles. The highest BCUT2D eigenvalue weighted by molar-refractivity contribution is 9.13. The number of rotatable bonds is 2. The fourth-order valence-corrected chi connectivity index (χ4v) is 3.45. The van der Waals surface area contributed by atoms with Crippen molar-refractivity contribution >= 4 is 78.0 Å². The lowest BCUT2D eigenvalue weighted by Crippen LogP contribution is -2.09. The number of carbonyl (C=O) groups excluding carboxylic acids is 1. The normalized spacial score (nSPS) is 10.4. The Bertz CT molecular complexity index is 596. The van der Waals surface area contributed by atoms with Crippen molar-refractivity contribution in [1.29, 1.82) is 0 Å². The number of amides is 1. The van der Waals surface area contributed by atoms with Crippen molar-refractivity contribution in [2.45, 2.75) is 0 Å². The summed E-state index contributed by atoms with van der Waals surface area (Å²) in [5.74, 6) is -0.190. The molecule has 0 radical (unpaired) electrons. The predicted molar refractivity (Wildman–Crippen MR) is 84.1 cm³/mol. The molecule has 1 heterocycles. The third kappa shape index (κ3) is 3.27. The first-order valence-electron chi connectivity index (χ1n) is 4.68. The van der Waals surface area contributed by atoms with Gasteiger partial charge < -0.3 is 5.32 Å². The standard InChI is InChI=1S/C11H5Br2Cl2NOS/c12-6-4-9(18-10(6)13)11(17)16-5-1-2-7(14)8(15)3-5/h1-4H,(H,16,17). The van der Waals surface area contributed by atoms with E-state index in [1.165, 1.54) is 11.3 Å². The van der Waals surface area contributed by atoms with E-state index >= 15 is 0 Å². The van der Waals surface area contributed by atoms with Gasteiger partial charge in [0.2, 0.25) is 0 Å². The number of thiophene rings is 1. The van der Waals surface area contributed by atoms with Gasteiger partial charge in [-0.25, -0.2) is 0 Å². The van der Waals surface area contributed by atoms with E-state index in [1.54, 1.807) is 24.3 Å². The molecule has 0 aliphatic heterocycles. The first kappa shape index (κ1) is 14.3. The van der Waals surface area contributed by atoms with Gasteiger partial charge in [-0.1, -0.05) is 23.2 Å². The highest BCUT2D eigenvalue weighted by atomic mass is 79.9. The molecule has 7 heteroatoms. The van der Waals surface area contributed by atoms with Crippen molar-refractivity contribution in [3.8, 4) is 0 Å². The van der Waals surface area contributed by atoms with Crippen LogP contribution in [0.5, 0.6) is 0 Å². The summed E-state index contributed by atoms with van der Waals surface area (Å²) in [4.78, 5) is 12.6. The summed E-state index contributed by atoms with van der Waals surface area (Å²) in [5.41, 5.74) is 0.607. The Labute approximate surface area is 135 Å². The molecule has 0 atom stereocenters. The fraction of sp³-hybridized carbons (Fsp3) is 0. The summed E-state index contributed by atoms with van der Waals surface area (Å²) >= 11 is 19.7. The smallest absolute Gasteiger partial charge is 0.265 e. The highest BCUT2D eigenvalue weighted by Crippen LogP contribution is 2.33. The Kier molecular flexibility index (Phi) is 4.72. The molecule has 0 spiro atoms. The molecule has 2 nitrogen and oxygen atoms in total. The minimum Gasteiger partial charge on any atom is -0.321 e. The third-order valence-electron chi connectivity index (χ3n) is 2.05. The molecule has 0 fully saturated rings. The number of carbonyl (C=O) groups is 1. The lowest BCUT2D eigenvalue weighted by atomic mass is 10.3. The minimum absolute atomic E-state index is 0.190. The van der Waals surface area contributed by atoms with Crippen LogP contribution >= 0.6 is 66.4 Å². The van der Waals surface area contributed by atoms with E-state index in [0.29, 0.717) is 20.6 Å². The molecular formula is C11H5Br2Cl2NOS. The average Bonchev–Trinajstić information content (AvgIpc) is 2.65. The molecule has 0 aliphatic rings. The molecule has 1 aromatic carbocycles. The molecule has 1 amide bonds. The van der Waals surface area contributed by atoms with Crippen molar-refractivity contribution in [2.75, 3.05) is 5.32 Å². The van der Waals surface area contributed by atoms with Crippen LogP contribution in [0.25, 0.3) is 0 Å². The van der Waals surface area contributed by atoms with Gasteiger partial charge in [0, 0.05) is 10.2 Å². The number of hydrogen-bond donors (Lipinski definition) is 1. The first-order valence-corrected chi connectivity index (χ1v) is 7.84. The molecule has 1 N–H and O–H groups in total. The SMILES string of the molecule is O=C(Nc1ccc(Cl)c(Cl)c1)c1cc(Br)c(Br)s1. The second kappa shape index (κ2) is 5.92. The molecule has 0 saturated carbocycles. The van der Waals surface area contributed by atoms with Crippen LogP contribution in [0.15, 0.2) is 32.5 Å². The van der Waals surface area contributed by atoms with Gasteiger partial charge in [0.25, 0.3) is 5.91 Å². The number of halogens is 4. The maximum Gasteiger partial charge on any atom is 0.265 e. The van der Waals surface area contributed by atoms with E-state index in [-0.39, 0.29) is 5.91 Å². The van der Waals surface area contributed by atoms with Gasteiger partial charge in [0.1, 0.15) is 0 Å². The van der Waals surface area contributed by atoms with Crippen LogP contribution in [0.4, 0.5) is 5.69 Å². The van der Waals surface area contributed by atoms with Crippen molar-refractivity contribution in [1.82, 2.24) is 0 Å². The van der Waals surface area contributed by atoms with Crippen molar-refractivity contribution in [2.24, 2.45) is 0 Å². The molecular weight excluding hydrogens is 425 g/mol. The van der Waals surface area contributed by atoms with E-state index in [4.69, 9.17) is 23.2 Å². The molecule has 0 unspecified atom stereocenters. The van der Waals surface area contributed by atoms with Crippen LogP contribution in [-0.4, -0.2) is 5.91 Å². The minimum atomic E-state index is -0.190.